The van der Waals surface area contributed by atoms with Gasteiger partial charge in [-0.25, -0.2) is 9.99 Å². The number of aryl methyl sites for hydroxylation is 2. The second-order valence-electron chi connectivity index (χ2n) is 9.36. The Morgan fingerprint density at radius 3 is 2.37 bits per heavy atom. The Balaban J connectivity index is 0.00000400. The highest BCUT2D eigenvalue weighted by Crippen LogP contribution is 2.29. The lowest BCUT2D eigenvalue weighted by Gasteiger charge is -2.32. The first-order chi connectivity index (χ1) is 17.9. The van der Waals surface area contributed by atoms with Gasteiger partial charge >= 0.3 is 0 Å². The van der Waals surface area contributed by atoms with Crippen molar-refractivity contribution in [2.24, 2.45) is 0 Å². The third-order valence-corrected chi connectivity index (χ3v) is 7.56. The second kappa shape index (κ2) is 13.7. The van der Waals surface area contributed by atoms with E-state index in [4.69, 9.17) is 0 Å². The third-order valence-electron chi connectivity index (χ3n) is 6.55. The summed E-state index contributed by atoms with van der Waals surface area (Å²) in [6.07, 6.45) is 0. The summed E-state index contributed by atoms with van der Waals surface area (Å²) in [7, 11) is 1.81. The molecule has 8 nitrogen and oxygen atoms in total. The average Bonchev–Trinajstić information content (AvgIpc) is 3.52. The van der Waals surface area contributed by atoms with E-state index in [1.807, 2.05) is 67.4 Å². The zero-order valence-corrected chi connectivity index (χ0v) is 24.1. The van der Waals surface area contributed by atoms with E-state index < -0.39 is 0 Å². The number of aromatic nitrogens is 1. The fourth-order valence-corrected chi connectivity index (χ4v) is 5.30. The molecule has 1 aliphatic rings. The zero-order chi connectivity index (χ0) is 26.4. The standard InChI is InChI=1S/C28H36N6O2S.ClH/c1-5-29-12-13-30-26(35)17-33(25-11-10-22(14-20(25)2)28-31-21(3)19-37-28)18-27(36)32(4)34-15-23-8-6-7-9-24(23)16-34;/h6-11,14,19,29H,5,12-13,15-18H2,1-4H3,(H,30,35);1H. The number of fused-ring (bicyclic) bond motifs is 1. The molecule has 2 amide bonds. The van der Waals surface area contributed by atoms with Crippen LogP contribution in [0.4, 0.5) is 5.69 Å². The molecule has 2 heterocycles. The normalized spacial score (nSPS) is 12.5. The highest BCUT2D eigenvalue weighted by Gasteiger charge is 2.27. The number of hydrazine groups is 1. The van der Waals surface area contributed by atoms with E-state index in [9.17, 15) is 9.59 Å². The molecular formula is C28H37ClN6O2S. The van der Waals surface area contributed by atoms with Gasteiger partial charge in [-0.05, 0) is 55.3 Å². The first-order valence-electron chi connectivity index (χ1n) is 12.7. The monoisotopic (exact) mass is 556 g/mol. The van der Waals surface area contributed by atoms with E-state index in [-0.39, 0.29) is 37.3 Å². The molecule has 0 radical (unpaired) electrons. The molecule has 0 saturated heterocycles. The number of carbonyl (C=O) groups excluding carboxylic acids is 2. The molecule has 0 spiro atoms. The van der Waals surface area contributed by atoms with Crippen molar-refractivity contribution in [2.75, 3.05) is 44.7 Å². The number of hydrogen-bond donors (Lipinski definition) is 2. The molecule has 0 bridgehead atoms. The molecule has 1 aliphatic heterocycles. The Morgan fingerprint density at radius 1 is 1.05 bits per heavy atom. The van der Waals surface area contributed by atoms with Crippen LogP contribution in [0.3, 0.4) is 0 Å². The number of rotatable bonds is 11. The number of nitrogens with one attached hydrogen (secondary N) is 2. The van der Waals surface area contributed by atoms with Gasteiger partial charge < -0.3 is 15.5 Å². The van der Waals surface area contributed by atoms with Crippen molar-refractivity contribution in [2.45, 2.75) is 33.9 Å². The molecule has 0 atom stereocenters. The number of hydrogen-bond acceptors (Lipinski definition) is 7. The number of likely N-dealkylation sites (N-methyl/N-ethyl adjacent to an activating group) is 2. The van der Waals surface area contributed by atoms with Crippen molar-refractivity contribution < 1.29 is 9.59 Å². The van der Waals surface area contributed by atoms with E-state index in [0.29, 0.717) is 26.2 Å². The molecule has 0 unspecified atom stereocenters. The maximum Gasteiger partial charge on any atom is 0.256 e. The number of carbonyl (C=O) groups is 2. The summed E-state index contributed by atoms with van der Waals surface area (Å²) < 4.78 is 0. The van der Waals surface area contributed by atoms with Crippen LogP contribution in [-0.4, -0.2) is 66.6 Å². The summed E-state index contributed by atoms with van der Waals surface area (Å²) in [5.41, 5.74) is 6.37. The molecule has 204 valence electrons. The number of amides is 2. The van der Waals surface area contributed by atoms with Gasteiger partial charge in [0, 0.05) is 55.6 Å². The van der Waals surface area contributed by atoms with E-state index >= 15 is 0 Å². The van der Waals surface area contributed by atoms with Crippen LogP contribution in [0, 0.1) is 13.8 Å². The fourth-order valence-electron chi connectivity index (χ4n) is 4.50. The Hall–Kier alpha value is -2.98. The number of benzene rings is 2. The zero-order valence-electron chi connectivity index (χ0n) is 22.5. The highest BCUT2D eigenvalue weighted by atomic mass is 35.5. The Labute approximate surface area is 235 Å². The number of anilines is 1. The van der Waals surface area contributed by atoms with Crippen molar-refractivity contribution >= 4 is 41.2 Å². The van der Waals surface area contributed by atoms with Gasteiger partial charge in [0.2, 0.25) is 5.91 Å². The SMILES string of the molecule is CCNCCNC(=O)CN(CC(=O)N(C)N1Cc2ccccc2C1)c1ccc(-c2nc(C)cs2)cc1C.Cl. The molecule has 0 saturated carbocycles. The largest absolute Gasteiger partial charge is 0.353 e. The van der Waals surface area contributed by atoms with Crippen molar-refractivity contribution in [1.29, 1.82) is 0 Å². The third kappa shape index (κ3) is 7.32. The summed E-state index contributed by atoms with van der Waals surface area (Å²) in [6.45, 7) is 9.73. The van der Waals surface area contributed by atoms with Crippen LogP contribution in [-0.2, 0) is 22.7 Å². The predicted molar refractivity (Wildman–Crippen MR) is 156 cm³/mol. The maximum atomic E-state index is 13.4. The lowest BCUT2D eigenvalue weighted by atomic mass is 10.1. The molecule has 3 aromatic rings. The minimum atomic E-state index is -0.110. The van der Waals surface area contributed by atoms with Crippen LogP contribution >= 0.6 is 23.7 Å². The number of nitrogens with zero attached hydrogens (tertiary/aromatic N) is 4. The molecule has 1 aromatic heterocycles. The summed E-state index contributed by atoms with van der Waals surface area (Å²) in [4.78, 5) is 32.7. The van der Waals surface area contributed by atoms with Gasteiger partial charge in [0.25, 0.3) is 5.91 Å². The van der Waals surface area contributed by atoms with Crippen molar-refractivity contribution in [3.63, 3.8) is 0 Å². The highest BCUT2D eigenvalue weighted by molar-refractivity contribution is 7.13. The minimum absolute atomic E-state index is 0. The van der Waals surface area contributed by atoms with Crippen LogP contribution < -0.4 is 15.5 Å². The summed E-state index contributed by atoms with van der Waals surface area (Å²) in [5, 5.41) is 12.9. The van der Waals surface area contributed by atoms with Gasteiger partial charge in [0.15, 0.2) is 0 Å². The van der Waals surface area contributed by atoms with E-state index in [1.165, 1.54) is 11.1 Å². The molecule has 0 aliphatic carbocycles. The number of thiazole rings is 1. The lowest BCUT2D eigenvalue weighted by molar-refractivity contribution is -0.145. The maximum absolute atomic E-state index is 13.4. The van der Waals surface area contributed by atoms with Gasteiger partial charge in [-0.3, -0.25) is 14.6 Å². The van der Waals surface area contributed by atoms with Crippen molar-refractivity contribution in [3.05, 3.63) is 70.2 Å². The van der Waals surface area contributed by atoms with E-state index in [0.717, 1.165) is 34.1 Å². The summed E-state index contributed by atoms with van der Waals surface area (Å²) in [5.74, 6) is -0.173. The molecule has 38 heavy (non-hydrogen) atoms. The van der Waals surface area contributed by atoms with E-state index in [1.54, 1.807) is 16.3 Å². The molecular weight excluding hydrogens is 520 g/mol. The Bertz CT molecular complexity index is 1220. The molecule has 2 N–H and O–H groups in total. The quantitative estimate of drug-likeness (QED) is 0.350. The minimum Gasteiger partial charge on any atom is -0.353 e. The molecule has 4 rings (SSSR count). The van der Waals surface area contributed by atoms with Gasteiger partial charge in [-0.15, -0.1) is 23.7 Å². The molecule has 10 heteroatoms. The second-order valence-corrected chi connectivity index (χ2v) is 10.2. The van der Waals surface area contributed by atoms with Crippen LogP contribution in [0.2, 0.25) is 0 Å². The van der Waals surface area contributed by atoms with E-state index in [2.05, 4.69) is 33.8 Å². The fraction of sp³-hybridized carbons (Fsp3) is 0.393. The summed E-state index contributed by atoms with van der Waals surface area (Å²) in [6, 6.07) is 14.3. The predicted octanol–water partition coefficient (Wildman–Crippen LogP) is 3.77. The molecule has 2 aromatic carbocycles. The van der Waals surface area contributed by atoms with Crippen LogP contribution in [0.15, 0.2) is 47.8 Å². The van der Waals surface area contributed by atoms with Crippen LogP contribution in [0.1, 0.15) is 29.3 Å². The van der Waals surface area contributed by atoms with Gasteiger partial charge in [0.1, 0.15) is 5.01 Å². The van der Waals surface area contributed by atoms with Crippen molar-refractivity contribution in [3.8, 4) is 10.6 Å². The van der Waals surface area contributed by atoms with Gasteiger partial charge in [-0.2, -0.15) is 0 Å². The average molecular weight is 557 g/mol. The summed E-state index contributed by atoms with van der Waals surface area (Å²) >= 11 is 1.61. The van der Waals surface area contributed by atoms with Crippen LogP contribution in [0.25, 0.3) is 10.6 Å². The topological polar surface area (TPSA) is 80.8 Å². The Kier molecular flexibility index (Phi) is 10.7. The van der Waals surface area contributed by atoms with Gasteiger partial charge in [-0.1, -0.05) is 31.2 Å². The smallest absolute Gasteiger partial charge is 0.256 e. The van der Waals surface area contributed by atoms with Crippen LogP contribution in [0.5, 0.6) is 0 Å². The lowest BCUT2D eigenvalue weighted by Crippen LogP contribution is -2.48. The molecule has 0 fully saturated rings. The Morgan fingerprint density at radius 2 is 1.76 bits per heavy atom. The van der Waals surface area contributed by atoms with Gasteiger partial charge in [0.05, 0.1) is 13.1 Å². The first-order valence-corrected chi connectivity index (χ1v) is 13.6. The van der Waals surface area contributed by atoms with Crippen molar-refractivity contribution in [1.82, 2.24) is 25.6 Å². The first kappa shape index (κ1) is 29.6. The number of halogens is 1.